The van der Waals surface area contributed by atoms with E-state index in [1.54, 1.807) is 11.3 Å². The Labute approximate surface area is 162 Å². The van der Waals surface area contributed by atoms with Crippen molar-refractivity contribution in [3.05, 3.63) is 52.9 Å². The van der Waals surface area contributed by atoms with E-state index in [9.17, 15) is 5.11 Å². The van der Waals surface area contributed by atoms with Gasteiger partial charge < -0.3 is 14.4 Å². The third kappa shape index (κ3) is 3.35. The van der Waals surface area contributed by atoms with Crippen molar-refractivity contribution in [1.29, 1.82) is 0 Å². The standard InChI is InChI=1S/C21H23N3O2S/c1-14-2-5-20(27-14)15-8-16-11-23(6-7-26-21(16)19(25)9-15)12-18-10-22-13-24(18)17-3-4-17/h2,5,8-10,13,17,25H,3-4,6-7,11-12H2,1H3. The normalized spacial score (nSPS) is 17.4. The number of aromatic hydroxyl groups is 1. The first kappa shape index (κ1) is 16.8. The Morgan fingerprint density at radius 3 is 2.96 bits per heavy atom. The summed E-state index contributed by atoms with van der Waals surface area (Å²) in [6.07, 6.45) is 6.45. The zero-order valence-corrected chi connectivity index (χ0v) is 16.2. The summed E-state index contributed by atoms with van der Waals surface area (Å²) < 4.78 is 8.22. The molecule has 1 saturated carbocycles. The van der Waals surface area contributed by atoms with Gasteiger partial charge in [0, 0.05) is 47.2 Å². The summed E-state index contributed by atoms with van der Waals surface area (Å²) in [5.74, 6) is 0.864. The van der Waals surface area contributed by atoms with Gasteiger partial charge >= 0.3 is 0 Å². The van der Waals surface area contributed by atoms with E-state index in [2.05, 4.69) is 39.6 Å². The Bertz CT molecular complexity index is 974. The fourth-order valence-electron chi connectivity index (χ4n) is 3.79. The van der Waals surface area contributed by atoms with Crippen LogP contribution in [0.15, 0.2) is 36.8 Å². The maximum Gasteiger partial charge on any atom is 0.165 e. The van der Waals surface area contributed by atoms with Gasteiger partial charge in [0.1, 0.15) is 6.61 Å². The molecule has 5 nitrogen and oxygen atoms in total. The number of imidazole rings is 1. The van der Waals surface area contributed by atoms with E-state index in [0.29, 0.717) is 18.4 Å². The van der Waals surface area contributed by atoms with Crippen LogP contribution >= 0.6 is 11.3 Å². The van der Waals surface area contributed by atoms with Crippen molar-refractivity contribution in [3.8, 4) is 21.9 Å². The Kier molecular flexibility index (Phi) is 4.17. The van der Waals surface area contributed by atoms with Gasteiger partial charge in [-0.05, 0) is 49.6 Å². The lowest BCUT2D eigenvalue weighted by Gasteiger charge is -2.20. The molecule has 0 amide bonds. The second kappa shape index (κ2) is 6.69. The lowest BCUT2D eigenvalue weighted by molar-refractivity contribution is 0.213. The van der Waals surface area contributed by atoms with Crippen molar-refractivity contribution in [2.45, 2.75) is 38.9 Å². The van der Waals surface area contributed by atoms with Gasteiger partial charge in [0.25, 0.3) is 0 Å². The van der Waals surface area contributed by atoms with Crippen LogP contribution in [0.5, 0.6) is 11.5 Å². The van der Waals surface area contributed by atoms with Crippen molar-refractivity contribution in [2.24, 2.45) is 0 Å². The van der Waals surface area contributed by atoms with Gasteiger partial charge in [-0.15, -0.1) is 11.3 Å². The van der Waals surface area contributed by atoms with Gasteiger partial charge in [0.2, 0.25) is 0 Å². The molecule has 140 valence electrons. The minimum absolute atomic E-state index is 0.235. The Hall–Kier alpha value is -2.31. The molecular weight excluding hydrogens is 358 g/mol. The summed E-state index contributed by atoms with van der Waals surface area (Å²) in [5.41, 5.74) is 3.36. The first-order chi connectivity index (χ1) is 13.2. The van der Waals surface area contributed by atoms with Crippen molar-refractivity contribution in [1.82, 2.24) is 14.5 Å². The van der Waals surface area contributed by atoms with E-state index in [-0.39, 0.29) is 5.75 Å². The van der Waals surface area contributed by atoms with Crippen LogP contribution in [-0.2, 0) is 13.1 Å². The smallest absolute Gasteiger partial charge is 0.165 e. The lowest BCUT2D eigenvalue weighted by atomic mass is 10.1. The van der Waals surface area contributed by atoms with Crippen LogP contribution in [-0.4, -0.2) is 32.7 Å². The van der Waals surface area contributed by atoms with E-state index < -0.39 is 0 Å². The van der Waals surface area contributed by atoms with Crippen LogP contribution in [0.2, 0.25) is 0 Å². The quantitative estimate of drug-likeness (QED) is 0.730. The highest BCUT2D eigenvalue weighted by atomic mass is 32.1. The predicted octanol–water partition coefficient (Wildman–Crippen LogP) is 4.36. The third-order valence-corrected chi connectivity index (χ3v) is 6.34. The fourth-order valence-corrected chi connectivity index (χ4v) is 4.64. The summed E-state index contributed by atoms with van der Waals surface area (Å²) in [4.78, 5) is 9.18. The van der Waals surface area contributed by atoms with Crippen LogP contribution in [0.4, 0.5) is 0 Å². The number of benzene rings is 1. The second-order valence-corrected chi connectivity index (χ2v) is 8.76. The number of phenolic OH excluding ortho intramolecular Hbond substituents is 1. The Balaban J connectivity index is 1.43. The zero-order valence-electron chi connectivity index (χ0n) is 15.4. The molecule has 0 unspecified atom stereocenters. The molecule has 6 heteroatoms. The van der Waals surface area contributed by atoms with Crippen molar-refractivity contribution in [2.75, 3.05) is 13.2 Å². The molecule has 2 aliphatic rings. The van der Waals surface area contributed by atoms with Gasteiger partial charge in [-0.1, -0.05) is 0 Å². The maximum atomic E-state index is 10.5. The molecule has 1 aliphatic heterocycles. The highest BCUT2D eigenvalue weighted by molar-refractivity contribution is 7.15. The lowest BCUT2D eigenvalue weighted by Crippen LogP contribution is -2.26. The zero-order chi connectivity index (χ0) is 18.4. The number of rotatable bonds is 4. The molecule has 1 fully saturated rings. The highest BCUT2D eigenvalue weighted by Crippen LogP contribution is 2.40. The van der Waals surface area contributed by atoms with Crippen LogP contribution in [0, 0.1) is 6.92 Å². The third-order valence-electron chi connectivity index (χ3n) is 5.29. The largest absolute Gasteiger partial charge is 0.504 e. The highest BCUT2D eigenvalue weighted by Gasteiger charge is 2.26. The molecule has 5 rings (SSSR count). The second-order valence-electron chi connectivity index (χ2n) is 7.48. The van der Waals surface area contributed by atoms with E-state index in [4.69, 9.17) is 4.74 Å². The number of thiophene rings is 1. The van der Waals surface area contributed by atoms with Crippen LogP contribution in [0.1, 0.15) is 35.0 Å². The number of fused-ring (bicyclic) bond motifs is 1. The molecule has 3 heterocycles. The van der Waals surface area contributed by atoms with Crippen molar-refractivity contribution < 1.29 is 9.84 Å². The maximum absolute atomic E-state index is 10.5. The molecule has 0 spiro atoms. The van der Waals surface area contributed by atoms with Gasteiger partial charge in [-0.3, -0.25) is 4.90 Å². The monoisotopic (exact) mass is 381 g/mol. The fraction of sp³-hybridized carbons (Fsp3) is 0.381. The van der Waals surface area contributed by atoms with Crippen LogP contribution < -0.4 is 4.74 Å². The van der Waals surface area contributed by atoms with Crippen molar-refractivity contribution in [3.63, 3.8) is 0 Å². The molecule has 2 aromatic heterocycles. The predicted molar refractivity (Wildman–Crippen MR) is 106 cm³/mol. The molecule has 0 bridgehead atoms. The molecule has 0 atom stereocenters. The summed E-state index contributed by atoms with van der Waals surface area (Å²) >= 11 is 1.74. The Morgan fingerprint density at radius 1 is 1.30 bits per heavy atom. The number of hydrogen-bond acceptors (Lipinski definition) is 5. The molecule has 3 aromatic rings. The first-order valence-electron chi connectivity index (χ1n) is 9.46. The minimum atomic E-state index is 0.235. The van der Waals surface area contributed by atoms with Crippen LogP contribution in [0.3, 0.4) is 0 Å². The van der Waals surface area contributed by atoms with Gasteiger partial charge in [-0.2, -0.15) is 0 Å². The molecule has 0 radical (unpaired) electrons. The van der Waals surface area contributed by atoms with Crippen molar-refractivity contribution >= 4 is 11.3 Å². The molecule has 1 N–H and O–H groups in total. The Morgan fingerprint density at radius 2 is 2.19 bits per heavy atom. The molecular formula is C21H23N3O2S. The number of aryl methyl sites for hydroxylation is 1. The summed E-state index contributed by atoms with van der Waals surface area (Å²) in [7, 11) is 0. The van der Waals surface area contributed by atoms with Crippen LogP contribution in [0.25, 0.3) is 10.4 Å². The first-order valence-corrected chi connectivity index (χ1v) is 10.3. The summed E-state index contributed by atoms with van der Waals surface area (Å²) in [5, 5.41) is 10.5. The van der Waals surface area contributed by atoms with E-state index in [1.165, 1.54) is 28.3 Å². The average Bonchev–Trinajstić information content (AvgIpc) is 3.29. The SMILES string of the molecule is Cc1ccc(-c2cc(O)c3c(c2)CN(Cc2cncn2C2CC2)CCO3)s1. The van der Waals surface area contributed by atoms with Gasteiger partial charge in [0.05, 0.1) is 12.0 Å². The molecule has 0 saturated heterocycles. The number of nitrogens with zero attached hydrogens (tertiary/aromatic N) is 3. The number of aromatic nitrogens is 2. The summed E-state index contributed by atoms with van der Waals surface area (Å²) in [6, 6.07) is 8.85. The van der Waals surface area contributed by atoms with E-state index in [0.717, 1.165) is 30.8 Å². The topological polar surface area (TPSA) is 50.5 Å². The van der Waals surface area contributed by atoms with E-state index in [1.807, 2.05) is 18.6 Å². The van der Waals surface area contributed by atoms with E-state index >= 15 is 0 Å². The number of ether oxygens (including phenoxy) is 1. The molecule has 1 aromatic carbocycles. The minimum Gasteiger partial charge on any atom is -0.504 e. The van der Waals surface area contributed by atoms with Gasteiger partial charge in [-0.25, -0.2) is 4.98 Å². The molecule has 1 aliphatic carbocycles. The molecule has 27 heavy (non-hydrogen) atoms. The summed E-state index contributed by atoms with van der Waals surface area (Å²) in [6.45, 7) is 5.12. The number of hydrogen-bond donors (Lipinski definition) is 1. The average molecular weight is 382 g/mol. The number of phenols is 1. The van der Waals surface area contributed by atoms with Gasteiger partial charge in [0.15, 0.2) is 11.5 Å².